The lowest BCUT2D eigenvalue weighted by molar-refractivity contribution is 0.0546. The van der Waals surface area contributed by atoms with Crippen LogP contribution >= 0.6 is 0 Å². The number of anilines is 2. The summed E-state index contributed by atoms with van der Waals surface area (Å²) < 4.78 is 24.3. The number of carbonyl (C=O) groups is 1. The van der Waals surface area contributed by atoms with Crippen LogP contribution in [0.2, 0.25) is 0 Å². The number of carbonyl (C=O) groups excluding carboxylic acids is 1. The molecule has 0 radical (unpaired) electrons. The van der Waals surface area contributed by atoms with Crippen LogP contribution in [0.4, 0.5) is 21.0 Å². The SMILES string of the molecule is Cc1cnn(C)c1-c1c(C)nc(Nc2cc([C@@H]3CC[C@H](OC(=O)NC4(C)CC4)[C@H]3F)[nH]n2)n2ccnc12. The van der Waals surface area contributed by atoms with E-state index >= 15 is 4.39 Å². The second-order valence-electron chi connectivity index (χ2n) is 10.4. The highest BCUT2D eigenvalue weighted by Crippen LogP contribution is 2.40. The first-order chi connectivity index (χ1) is 17.7. The minimum atomic E-state index is -1.31. The van der Waals surface area contributed by atoms with E-state index in [0.29, 0.717) is 30.3 Å². The first kappa shape index (κ1) is 23.4. The number of aromatic amines is 1. The van der Waals surface area contributed by atoms with E-state index < -0.39 is 24.3 Å². The molecule has 2 fully saturated rings. The van der Waals surface area contributed by atoms with Crippen molar-refractivity contribution in [3.63, 3.8) is 0 Å². The van der Waals surface area contributed by atoms with Crippen LogP contribution in [0.5, 0.6) is 0 Å². The highest BCUT2D eigenvalue weighted by Gasteiger charge is 2.43. The lowest BCUT2D eigenvalue weighted by Gasteiger charge is -2.19. The van der Waals surface area contributed by atoms with Gasteiger partial charge >= 0.3 is 6.09 Å². The van der Waals surface area contributed by atoms with Crippen LogP contribution in [0, 0.1) is 13.8 Å². The van der Waals surface area contributed by atoms with Crippen LogP contribution in [0.3, 0.4) is 0 Å². The zero-order chi connectivity index (χ0) is 25.9. The van der Waals surface area contributed by atoms with E-state index in [4.69, 9.17) is 9.72 Å². The normalized spacial score (nSPS) is 22.4. The van der Waals surface area contributed by atoms with Crippen LogP contribution in [0.15, 0.2) is 24.7 Å². The molecule has 0 saturated heterocycles. The quantitative estimate of drug-likeness (QED) is 0.359. The van der Waals surface area contributed by atoms with E-state index in [1.54, 1.807) is 12.3 Å². The van der Waals surface area contributed by atoms with Crippen molar-refractivity contribution in [2.24, 2.45) is 7.05 Å². The molecule has 3 N–H and O–H groups in total. The number of nitrogens with zero attached hydrogens (tertiary/aromatic N) is 6. The van der Waals surface area contributed by atoms with Crippen molar-refractivity contribution < 1.29 is 13.9 Å². The van der Waals surface area contributed by atoms with Gasteiger partial charge in [-0.15, -0.1) is 0 Å². The van der Waals surface area contributed by atoms with Gasteiger partial charge in [0.15, 0.2) is 11.5 Å². The molecule has 6 rings (SSSR count). The third kappa shape index (κ3) is 4.19. The zero-order valence-electron chi connectivity index (χ0n) is 21.2. The van der Waals surface area contributed by atoms with E-state index in [0.717, 1.165) is 41.0 Å². The fourth-order valence-corrected chi connectivity index (χ4v) is 5.16. The number of alkyl halides is 1. The zero-order valence-corrected chi connectivity index (χ0v) is 21.2. The van der Waals surface area contributed by atoms with Crippen LogP contribution < -0.4 is 10.6 Å². The van der Waals surface area contributed by atoms with Gasteiger partial charge in [-0.1, -0.05) is 0 Å². The van der Waals surface area contributed by atoms with Gasteiger partial charge in [-0.3, -0.25) is 14.2 Å². The minimum Gasteiger partial charge on any atom is -0.443 e. The number of rotatable bonds is 6. The van der Waals surface area contributed by atoms with Gasteiger partial charge in [0, 0.05) is 42.7 Å². The van der Waals surface area contributed by atoms with Crippen molar-refractivity contribution in [3.8, 4) is 11.3 Å². The van der Waals surface area contributed by atoms with Gasteiger partial charge in [0.25, 0.3) is 0 Å². The standard InChI is InChI=1S/C25H30FN9O2/c1-13-12-28-34(4)21(13)19-14(2)29-23(35-10-9-27-22(19)35)30-18-11-16(32-33-18)15-5-6-17(20(15)26)37-24(36)31-25(3)7-8-25/h9-12,15,17,20H,5-8H2,1-4H3,(H,31,36)(H2,29,30,32,33)/t15-,17-,20-/m0/s1. The second kappa shape index (κ2) is 8.56. The average molecular weight is 508 g/mol. The fourth-order valence-electron chi connectivity index (χ4n) is 5.16. The highest BCUT2D eigenvalue weighted by molar-refractivity contribution is 5.80. The van der Waals surface area contributed by atoms with Crippen molar-refractivity contribution in [2.75, 3.05) is 5.32 Å². The molecule has 3 atom stereocenters. The summed E-state index contributed by atoms with van der Waals surface area (Å²) in [5.74, 6) is 0.620. The number of amides is 1. The summed E-state index contributed by atoms with van der Waals surface area (Å²) in [6.45, 7) is 5.90. The van der Waals surface area contributed by atoms with Gasteiger partial charge in [0.2, 0.25) is 5.95 Å². The molecule has 0 spiro atoms. The summed E-state index contributed by atoms with van der Waals surface area (Å²) >= 11 is 0. The summed E-state index contributed by atoms with van der Waals surface area (Å²) in [7, 11) is 1.90. The Balaban J connectivity index is 1.20. The average Bonchev–Trinajstić information content (AvgIpc) is 3.31. The van der Waals surface area contributed by atoms with Crippen LogP contribution in [-0.4, -0.2) is 58.3 Å². The predicted octanol–water partition coefficient (Wildman–Crippen LogP) is 4.08. The molecule has 2 aliphatic rings. The molecule has 11 nitrogen and oxygen atoms in total. The first-order valence-corrected chi connectivity index (χ1v) is 12.5. The molecule has 12 heteroatoms. The molecule has 37 heavy (non-hydrogen) atoms. The largest absolute Gasteiger partial charge is 0.443 e. The third-order valence-corrected chi connectivity index (χ3v) is 7.49. The van der Waals surface area contributed by atoms with Gasteiger partial charge in [-0.05, 0) is 52.0 Å². The van der Waals surface area contributed by atoms with Gasteiger partial charge < -0.3 is 15.4 Å². The Kier molecular flexibility index (Phi) is 5.42. The topological polar surface area (TPSA) is 127 Å². The monoisotopic (exact) mass is 507 g/mol. The summed E-state index contributed by atoms with van der Waals surface area (Å²) in [6.07, 6.45) is 5.60. The number of fused-ring (bicyclic) bond motifs is 1. The van der Waals surface area contributed by atoms with Crippen molar-refractivity contribution in [1.82, 2.24) is 39.7 Å². The number of alkyl carbamates (subject to hydrolysis) is 1. The summed E-state index contributed by atoms with van der Waals surface area (Å²) in [5, 5.41) is 17.7. The maximum Gasteiger partial charge on any atom is 0.407 e. The third-order valence-electron chi connectivity index (χ3n) is 7.49. The molecule has 0 bridgehead atoms. The molecule has 2 aliphatic carbocycles. The Morgan fingerprint density at radius 2 is 2.11 bits per heavy atom. The number of H-pyrrole nitrogens is 1. The van der Waals surface area contributed by atoms with Gasteiger partial charge in [-0.25, -0.2) is 19.2 Å². The molecule has 4 aromatic heterocycles. The summed E-state index contributed by atoms with van der Waals surface area (Å²) in [5.41, 5.74) is 4.89. The number of aromatic nitrogens is 7. The number of hydrogen-bond donors (Lipinski definition) is 3. The van der Waals surface area contributed by atoms with E-state index in [-0.39, 0.29) is 5.54 Å². The molecule has 0 aromatic carbocycles. The van der Waals surface area contributed by atoms with Crippen molar-refractivity contribution in [2.45, 2.75) is 70.2 Å². The molecular weight excluding hydrogens is 477 g/mol. The molecular formula is C25H30FN9O2. The highest BCUT2D eigenvalue weighted by atomic mass is 19.1. The Labute approximate surface area is 212 Å². The van der Waals surface area contributed by atoms with Crippen molar-refractivity contribution in [1.29, 1.82) is 0 Å². The van der Waals surface area contributed by atoms with Crippen molar-refractivity contribution >= 4 is 23.5 Å². The Morgan fingerprint density at radius 3 is 2.84 bits per heavy atom. The van der Waals surface area contributed by atoms with E-state index in [1.165, 1.54) is 0 Å². The van der Waals surface area contributed by atoms with Crippen molar-refractivity contribution in [3.05, 3.63) is 41.6 Å². The van der Waals surface area contributed by atoms with Crippen LogP contribution in [0.1, 0.15) is 55.5 Å². The molecule has 2 saturated carbocycles. The summed E-state index contributed by atoms with van der Waals surface area (Å²) in [4.78, 5) is 21.5. The molecule has 0 unspecified atom stereocenters. The maximum absolute atomic E-state index is 15.2. The van der Waals surface area contributed by atoms with Gasteiger partial charge in [0.1, 0.15) is 12.3 Å². The molecule has 4 aromatic rings. The number of hydrogen-bond acceptors (Lipinski definition) is 7. The number of ether oxygens (including phenoxy) is 1. The van der Waals surface area contributed by atoms with Gasteiger partial charge in [-0.2, -0.15) is 10.2 Å². The fraction of sp³-hybridized carbons (Fsp3) is 0.480. The lowest BCUT2D eigenvalue weighted by Crippen LogP contribution is -2.38. The number of nitrogens with one attached hydrogen (secondary N) is 3. The molecule has 0 aliphatic heterocycles. The number of aryl methyl sites for hydroxylation is 3. The lowest BCUT2D eigenvalue weighted by atomic mass is 10.0. The molecule has 194 valence electrons. The van der Waals surface area contributed by atoms with E-state index in [9.17, 15) is 4.79 Å². The molecule has 1 amide bonds. The van der Waals surface area contributed by atoms with Crippen LogP contribution in [0.25, 0.3) is 16.9 Å². The maximum atomic E-state index is 15.2. The van der Waals surface area contributed by atoms with E-state index in [2.05, 4.69) is 30.9 Å². The Hall–Kier alpha value is -3.96. The number of halogens is 1. The number of imidazole rings is 1. The second-order valence-corrected chi connectivity index (χ2v) is 10.4. The Morgan fingerprint density at radius 1 is 1.30 bits per heavy atom. The Bertz CT molecular complexity index is 1470. The van der Waals surface area contributed by atoms with Crippen LogP contribution in [-0.2, 0) is 11.8 Å². The van der Waals surface area contributed by atoms with E-state index in [1.807, 2.05) is 49.3 Å². The first-order valence-electron chi connectivity index (χ1n) is 12.5. The van der Waals surface area contributed by atoms with Gasteiger partial charge in [0.05, 0.1) is 23.1 Å². The smallest absolute Gasteiger partial charge is 0.407 e. The minimum absolute atomic E-state index is 0.202. The molecule has 4 heterocycles. The summed E-state index contributed by atoms with van der Waals surface area (Å²) in [6, 6.07) is 1.78. The predicted molar refractivity (Wildman–Crippen MR) is 134 cm³/mol.